The molecular formula is C34H30N2O4. The van der Waals surface area contributed by atoms with Gasteiger partial charge in [0.2, 0.25) is 0 Å². The van der Waals surface area contributed by atoms with E-state index in [2.05, 4.69) is 29.6 Å². The summed E-state index contributed by atoms with van der Waals surface area (Å²) < 4.78 is 17.7. The molecule has 3 aliphatic heterocycles. The Labute approximate surface area is 232 Å². The van der Waals surface area contributed by atoms with E-state index in [4.69, 9.17) is 19.2 Å². The molecule has 0 radical (unpaired) electrons. The monoisotopic (exact) mass is 530 g/mol. The number of anilines is 1. The minimum atomic E-state index is -0.368. The largest absolute Gasteiger partial charge is 0.497 e. The predicted molar refractivity (Wildman–Crippen MR) is 154 cm³/mol. The second-order valence-electron chi connectivity index (χ2n) is 10.4. The van der Waals surface area contributed by atoms with Crippen molar-refractivity contribution in [2.75, 3.05) is 25.5 Å². The fourth-order valence-corrected chi connectivity index (χ4v) is 5.91. The summed E-state index contributed by atoms with van der Waals surface area (Å²) in [4.78, 5) is 18.4. The van der Waals surface area contributed by atoms with Gasteiger partial charge < -0.3 is 19.5 Å². The van der Waals surface area contributed by atoms with Crippen LogP contribution in [0.4, 0.5) is 5.69 Å². The van der Waals surface area contributed by atoms with Gasteiger partial charge >= 0.3 is 5.97 Å². The molecule has 0 fully saturated rings. The number of carbonyl (C=O) groups excluding carboxylic acids is 1. The summed E-state index contributed by atoms with van der Waals surface area (Å²) in [6.45, 7) is 1.94. The maximum Gasteiger partial charge on any atom is 0.339 e. The zero-order valence-electron chi connectivity index (χ0n) is 22.5. The first kappa shape index (κ1) is 24.5. The first-order valence-electron chi connectivity index (χ1n) is 13.9. The van der Waals surface area contributed by atoms with Crippen LogP contribution in [0.1, 0.15) is 51.0 Å². The highest BCUT2D eigenvalue weighted by molar-refractivity contribution is 5.99. The van der Waals surface area contributed by atoms with E-state index in [1.165, 1.54) is 11.1 Å². The topological polar surface area (TPSA) is 69.2 Å². The first-order chi connectivity index (χ1) is 19.7. The smallest absolute Gasteiger partial charge is 0.339 e. The van der Waals surface area contributed by atoms with Crippen molar-refractivity contribution in [3.63, 3.8) is 0 Å². The van der Waals surface area contributed by atoms with Crippen molar-refractivity contribution < 1.29 is 19.0 Å². The average Bonchev–Trinajstić information content (AvgIpc) is 3.00. The zero-order valence-corrected chi connectivity index (χ0v) is 22.5. The summed E-state index contributed by atoms with van der Waals surface area (Å²) >= 11 is 0. The van der Waals surface area contributed by atoms with E-state index in [0.717, 1.165) is 94.5 Å². The number of aryl methyl sites for hydroxylation is 2. The van der Waals surface area contributed by atoms with Crippen LogP contribution in [0.3, 0.4) is 0 Å². The minimum Gasteiger partial charge on any atom is -0.497 e. The Balaban J connectivity index is 1.38. The van der Waals surface area contributed by atoms with E-state index >= 15 is 0 Å². The van der Waals surface area contributed by atoms with Crippen LogP contribution in [0.25, 0.3) is 5.57 Å². The molecule has 1 N–H and O–H groups in total. The molecule has 0 saturated carbocycles. The molecular weight excluding hydrogens is 500 g/mol. The second-order valence-corrected chi connectivity index (χ2v) is 10.4. The molecule has 3 aliphatic rings. The summed E-state index contributed by atoms with van der Waals surface area (Å²) in [6.07, 6.45) is 4.10. The van der Waals surface area contributed by atoms with Crippen molar-refractivity contribution in [3.05, 3.63) is 117 Å². The van der Waals surface area contributed by atoms with Gasteiger partial charge in [-0.1, -0.05) is 30.3 Å². The van der Waals surface area contributed by atoms with Crippen molar-refractivity contribution in [3.8, 4) is 17.2 Å². The molecule has 0 aromatic heterocycles. The highest BCUT2D eigenvalue weighted by atomic mass is 16.5. The number of nitrogens with zero attached hydrogens (tertiary/aromatic N) is 1. The van der Waals surface area contributed by atoms with E-state index in [1.54, 1.807) is 7.11 Å². The molecule has 0 saturated heterocycles. The number of carbonyl (C=O) groups is 1. The lowest BCUT2D eigenvalue weighted by atomic mass is 9.87. The number of hydrogen-bond acceptors (Lipinski definition) is 6. The van der Waals surface area contributed by atoms with Crippen molar-refractivity contribution in [1.29, 1.82) is 0 Å². The fourth-order valence-electron chi connectivity index (χ4n) is 5.91. The van der Waals surface area contributed by atoms with Crippen LogP contribution in [0.5, 0.6) is 17.2 Å². The van der Waals surface area contributed by atoms with E-state index in [0.29, 0.717) is 5.56 Å². The molecule has 0 atom stereocenters. The van der Waals surface area contributed by atoms with Gasteiger partial charge in [-0.15, -0.1) is 0 Å². The van der Waals surface area contributed by atoms with Gasteiger partial charge in [0, 0.05) is 47.3 Å². The number of methoxy groups -OCH3 is 1. The molecule has 4 aromatic rings. The molecule has 0 spiro atoms. The minimum absolute atomic E-state index is 0.157. The number of nitrogens with one attached hydrogen (secondary N) is 1. The summed E-state index contributed by atoms with van der Waals surface area (Å²) in [5.74, 6) is 1.91. The second kappa shape index (κ2) is 10.2. The highest BCUT2D eigenvalue weighted by Crippen LogP contribution is 2.41. The van der Waals surface area contributed by atoms with Gasteiger partial charge in [0.25, 0.3) is 0 Å². The Morgan fingerprint density at radius 2 is 1.82 bits per heavy atom. The van der Waals surface area contributed by atoms with Crippen molar-refractivity contribution >= 4 is 17.2 Å². The molecule has 200 valence electrons. The summed E-state index contributed by atoms with van der Waals surface area (Å²) in [7, 11) is 1.63. The summed E-state index contributed by atoms with van der Waals surface area (Å²) in [5, 5.41) is 5.50. The molecule has 6 nitrogen and oxygen atoms in total. The molecule has 7 rings (SSSR count). The van der Waals surface area contributed by atoms with Gasteiger partial charge in [-0.2, -0.15) is 0 Å². The lowest BCUT2D eigenvalue weighted by Gasteiger charge is -2.27. The number of rotatable bonds is 5. The van der Waals surface area contributed by atoms with Gasteiger partial charge in [-0.05, 0) is 78.3 Å². The third-order valence-electron chi connectivity index (χ3n) is 7.89. The normalized spacial score (nSPS) is 14.8. The molecule has 0 bridgehead atoms. The quantitative estimate of drug-likeness (QED) is 0.311. The van der Waals surface area contributed by atoms with Gasteiger partial charge in [0.15, 0.2) is 0 Å². The van der Waals surface area contributed by atoms with Crippen LogP contribution in [-0.2, 0) is 24.2 Å². The standard InChI is InChI=1S/C34H30N2O4/c1-38-24-10-4-7-21(15-24)20-39-34(37)26-12-3-2-11-25(26)33-27-16-22-8-5-13-35-29(22)18-31(27)40-32-19-30-23(17-28(32)33)9-6-14-36-30/h2-4,7,10-12,15-19,35H,5-6,8-9,13-14,20H2,1H3. The molecule has 3 heterocycles. The van der Waals surface area contributed by atoms with Gasteiger partial charge in [-0.3, -0.25) is 4.99 Å². The molecule has 0 unspecified atom stereocenters. The average molecular weight is 531 g/mol. The first-order valence-corrected chi connectivity index (χ1v) is 13.9. The van der Waals surface area contributed by atoms with E-state index < -0.39 is 0 Å². The Morgan fingerprint density at radius 3 is 2.75 bits per heavy atom. The highest BCUT2D eigenvalue weighted by Gasteiger charge is 2.27. The van der Waals surface area contributed by atoms with E-state index in [9.17, 15) is 4.79 Å². The van der Waals surface area contributed by atoms with Crippen LogP contribution in [-0.4, -0.2) is 26.2 Å². The fraction of sp³-hybridized carbons (Fsp3) is 0.235. The lowest BCUT2D eigenvalue weighted by molar-refractivity contribution is 0.0472. The summed E-state index contributed by atoms with van der Waals surface area (Å²) in [5.41, 5.74) is 7.81. The third-order valence-corrected chi connectivity index (χ3v) is 7.89. The number of ether oxygens (including phenoxy) is 3. The number of hydrogen-bond donors (Lipinski definition) is 1. The Morgan fingerprint density at radius 1 is 0.925 bits per heavy atom. The zero-order chi connectivity index (χ0) is 27.1. The molecule has 0 amide bonds. The SMILES string of the molecule is COc1cccc(COC(=O)c2ccccc2C2=c3cc4c(cc3Oc3cc5c(cc32)CCCN5)=NCCC4)c1. The predicted octanol–water partition coefficient (Wildman–Crippen LogP) is 5.33. The van der Waals surface area contributed by atoms with E-state index in [1.807, 2.05) is 48.5 Å². The Bertz CT molecular complexity index is 1780. The number of fused-ring (bicyclic) bond motifs is 4. The van der Waals surface area contributed by atoms with Crippen LogP contribution >= 0.6 is 0 Å². The maximum atomic E-state index is 13.6. The molecule has 0 aliphatic carbocycles. The van der Waals surface area contributed by atoms with Gasteiger partial charge in [0.1, 0.15) is 23.9 Å². The van der Waals surface area contributed by atoms with Crippen molar-refractivity contribution in [2.45, 2.75) is 32.3 Å². The van der Waals surface area contributed by atoms with Gasteiger partial charge in [0.05, 0.1) is 18.0 Å². The van der Waals surface area contributed by atoms with Gasteiger partial charge in [-0.25, -0.2) is 4.79 Å². The molecule has 4 aromatic carbocycles. The van der Waals surface area contributed by atoms with Crippen LogP contribution < -0.4 is 25.4 Å². The maximum absolute atomic E-state index is 13.6. The van der Waals surface area contributed by atoms with E-state index in [-0.39, 0.29) is 12.6 Å². The number of esters is 1. The van der Waals surface area contributed by atoms with Crippen molar-refractivity contribution in [1.82, 2.24) is 0 Å². The Kier molecular flexibility index (Phi) is 6.23. The molecule has 40 heavy (non-hydrogen) atoms. The van der Waals surface area contributed by atoms with Crippen LogP contribution in [0.15, 0.2) is 77.8 Å². The van der Waals surface area contributed by atoms with Crippen LogP contribution in [0.2, 0.25) is 0 Å². The molecule has 6 heteroatoms. The van der Waals surface area contributed by atoms with Crippen LogP contribution in [0, 0.1) is 0 Å². The summed E-state index contributed by atoms with van der Waals surface area (Å²) in [6, 6.07) is 23.9. The Hall–Kier alpha value is -4.58. The lowest BCUT2D eigenvalue weighted by Crippen LogP contribution is -2.26. The third kappa shape index (κ3) is 4.39. The number of benzene rings is 4. The van der Waals surface area contributed by atoms with Crippen molar-refractivity contribution in [2.24, 2.45) is 4.99 Å².